The molecule has 0 spiro atoms. The first-order chi connectivity index (χ1) is 13.7. The van der Waals surface area contributed by atoms with Crippen LogP contribution in [-0.4, -0.2) is 55.4 Å². The summed E-state index contributed by atoms with van der Waals surface area (Å²) in [5.74, 6) is 0.376. The number of halogens is 3. The monoisotopic (exact) mass is 411 g/mol. The van der Waals surface area contributed by atoms with Gasteiger partial charge in [-0.3, -0.25) is 14.8 Å². The van der Waals surface area contributed by atoms with E-state index in [9.17, 15) is 18.3 Å². The smallest absolute Gasteiger partial charge is 0.396 e. The van der Waals surface area contributed by atoms with Crippen molar-refractivity contribution in [1.29, 1.82) is 0 Å². The fraction of sp³-hybridized carbons (Fsp3) is 0.500. The van der Waals surface area contributed by atoms with Crippen molar-refractivity contribution >= 4 is 22.4 Å². The third kappa shape index (κ3) is 4.61. The lowest BCUT2D eigenvalue weighted by Crippen LogP contribution is -2.51. The molecule has 0 aromatic carbocycles. The molecular formula is C18H24F3N7O. The highest BCUT2D eigenvalue weighted by Gasteiger charge is 2.33. The van der Waals surface area contributed by atoms with E-state index in [-0.39, 0.29) is 5.52 Å². The van der Waals surface area contributed by atoms with Crippen molar-refractivity contribution < 1.29 is 18.3 Å². The Morgan fingerprint density at radius 2 is 1.93 bits per heavy atom. The molecule has 11 heteroatoms. The Balaban J connectivity index is 0.000000552. The molecule has 0 bridgehead atoms. The van der Waals surface area contributed by atoms with Gasteiger partial charge in [-0.05, 0) is 6.07 Å². The minimum absolute atomic E-state index is 0.285. The van der Waals surface area contributed by atoms with Gasteiger partial charge in [-0.25, -0.2) is 0 Å². The van der Waals surface area contributed by atoms with Crippen LogP contribution in [0, 0.1) is 0 Å². The van der Waals surface area contributed by atoms with E-state index in [2.05, 4.69) is 34.1 Å². The molecule has 8 nitrogen and oxygen atoms in total. The molecule has 4 N–H and O–H groups in total. The van der Waals surface area contributed by atoms with Gasteiger partial charge in [0.15, 0.2) is 5.82 Å². The second-order valence-corrected chi connectivity index (χ2v) is 6.94. The van der Waals surface area contributed by atoms with Crippen LogP contribution in [0.5, 0.6) is 0 Å². The van der Waals surface area contributed by atoms with Gasteiger partial charge in [0.1, 0.15) is 12.2 Å². The lowest BCUT2D eigenvalue weighted by Gasteiger charge is -2.36. The Bertz CT molecular complexity index is 958. The minimum Gasteiger partial charge on any atom is -0.396 e. The van der Waals surface area contributed by atoms with Gasteiger partial charge in [-0.15, -0.1) is 0 Å². The molecule has 1 aliphatic heterocycles. The van der Waals surface area contributed by atoms with Crippen LogP contribution in [0.25, 0.3) is 22.3 Å². The zero-order valence-electron chi connectivity index (χ0n) is 16.2. The second-order valence-electron chi connectivity index (χ2n) is 6.94. The van der Waals surface area contributed by atoms with Crippen LogP contribution < -0.4 is 10.6 Å². The molecule has 1 aliphatic rings. The summed E-state index contributed by atoms with van der Waals surface area (Å²) in [6.07, 6.45) is 0.590. The molecule has 0 atom stereocenters. The van der Waals surface area contributed by atoms with E-state index in [0.717, 1.165) is 4.68 Å². The van der Waals surface area contributed by atoms with E-state index >= 15 is 0 Å². The lowest BCUT2D eigenvalue weighted by molar-refractivity contribution is -0.141. The Morgan fingerprint density at radius 3 is 2.45 bits per heavy atom. The van der Waals surface area contributed by atoms with Gasteiger partial charge in [0.05, 0.1) is 34.6 Å². The summed E-state index contributed by atoms with van der Waals surface area (Å²) < 4.78 is 39.6. The van der Waals surface area contributed by atoms with Crippen LogP contribution >= 0.6 is 0 Å². The molecule has 158 valence electrons. The molecule has 1 fully saturated rings. The Labute approximate surface area is 165 Å². The van der Waals surface area contributed by atoms with Crippen molar-refractivity contribution in [2.75, 3.05) is 23.7 Å². The quantitative estimate of drug-likeness (QED) is 0.609. The fourth-order valence-electron chi connectivity index (χ4n) is 2.84. The van der Waals surface area contributed by atoms with Crippen LogP contribution in [-0.2, 0) is 6.54 Å². The van der Waals surface area contributed by atoms with E-state index in [4.69, 9.17) is 5.73 Å². The molecular weight excluding hydrogens is 387 g/mol. The number of alkyl halides is 3. The number of nitrogens with one attached hydrogen (secondary N) is 1. The van der Waals surface area contributed by atoms with Crippen LogP contribution in [0.3, 0.4) is 0 Å². The number of aromatic amines is 1. The molecule has 0 aliphatic carbocycles. The maximum absolute atomic E-state index is 12.9. The van der Waals surface area contributed by atoms with Crippen LogP contribution in [0.1, 0.15) is 26.7 Å². The van der Waals surface area contributed by atoms with E-state index < -0.39 is 18.8 Å². The van der Waals surface area contributed by atoms with Gasteiger partial charge in [0, 0.05) is 19.3 Å². The first-order valence-corrected chi connectivity index (χ1v) is 9.39. The number of unbranched alkanes of at least 4 members (excludes halogenated alkanes) is 1. The highest BCUT2D eigenvalue weighted by atomic mass is 19.4. The predicted octanol–water partition coefficient (Wildman–Crippen LogP) is 2.95. The zero-order valence-corrected chi connectivity index (χ0v) is 16.2. The predicted molar refractivity (Wildman–Crippen MR) is 104 cm³/mol. The van der Waals surface area contributed by atoms with Gasteiger partial charge in [0.2, 0.25) is 0 Å². The van der Waals surface area contributed by atoms with E-state index in [1.54, 1.807) is 4.90 Å². The summed E-state index contributed by atoms with van der Waals surface area (Å²) in [7, 11) is 0. The largest absolute Gasteiger partial charge is 0.408 e. The molecule has 0 saturated carbocycles. The first-order valence-electron chi connectivity index (χ1n) is 9.39. The Hall–Kier alpha value is -2.82. The summed E-state index contributed by atoms with van der Waals surface area (Å²) in [6, 6.07) is 1.50. The van der Waals surface area contributed by atoms with Crippen molar-refractivity contribution in [2.45, 2.75) is 45.5 Å². The van der Waals surface area contributed by atoms with Crippen molar-refractivity contribution in [3.05, 3.63) is 18.5 Å². The summed E-state index contributed by atoms with van der Waals surface area (Å²) in [5.41, 5.74) is 7.22. The van der Waals surface area contributed by atoms with Gasteiger partial charge in [-0.1, -0.05) is 26.7 Å². The SMILES string of the molecule is CCCC.Nc1cn[nH]c1-c1cc2c(cn1)c(N1CC(O)C1)nn2CC(F)(F)F. The number of hydrogen-bond acceptors (Lipinski definition) is 6. The number of nitrogen functional groups attached to an aromatic ring is 1. The molecule has 0 unspecified atom stereocenters. The summed E-state index contributed by atoms with van der Waals surface area (Å²) >= 11 is 0. The first kappa shape index (κ1) is 20.9. The lowest BCUT2D eigenvalue weighted by atomic mass is 10.1. The van der Waals surface area contributed by atoms with Crippen molar-refractivity contribution in [1.82, 2.24) is 25.0 Å². The van der Waals surface area contributed by atoms with Gasteiger partial charge in [-0.2, -0.15) is 23.4 Å². The molecule has 0 radical (unpaired) electrons. The number of pyridine rings is 1. The maximum Gasteiger partial charge on any atom is 0.408 e. The average Bonchev–Trinajstić information content (AvgIpc) is 3.21. The normalized spacial score (nSPS) is 14.6. The third-order valence-electron chi connectivity index (χ3n) is 4.53. The number of aliphatic hydroxyl groups is 1. The molecule has 3 aromatic rings. The topological polar surface area (TPSA) is 109 Å². The number of H-pyrrole nitrogens is 1. The van der Waals surface area contributed by atoms with Crippen molar-refractivity contribution in [2.24, 2.45) is 0 Å². The molecule has 1 saturated heterocycles. The fourth-order valence-corrected chi connectivity index (χ4v) is 2.84. The number of aromatic nitrogens is 5. The molecule has 29 heavy (non-hydrogen) atoms. The minimum atomic E-state index is -4.42. The molecule has 4 rings (SSSR count). The number of hydrogen-bond donors (Lipinski definition) is 3. The summed E-state index contributed by atoms with van der Waals surface area (Å²) in [6.45, 7) is 3.79. The molecule has 3 aromatic heterocycles. The average molecular weight is 411 g/mol. The van der Waals surface area contributed by atoms with Gasteiger partial charge >= 0.3 is 6.18 Å². The number of β-amino-alcohol motifs (C(OH)–C–C–N with tert-alkyl or cyclic N) is 1. The molecule has 0 amide bonds. The van der Waals surface area contributed by atoms with Gasteiger partial charge < -0.3 is 15.7 Å². The highest BCUT2D eigenvalue weighted by molar-refractivity contribution is 5.92. The van der Waals surface area contributed by atoms with Gasteiger partial charge in [0.25, 0.3) is 0 Å². The number of nitrogens with two attached hydrogens (primary N) is 1. The van der Waals surface area contributed by atoms with Crippen molar-refractivity contribution in [3.63, 3.8) is 0 Å². The van der Waals surface area contributed by atoms with Crippen LogP contribution in [0.15, 0.2) is 18.5 Å². The van der Waals surface area contributed by atoms with Crippen LogP contribution in [0.4, 0.5) is 24.7 Å². The maximum atomic E-state index is 12.9. The third-order valence-corrected chi connectivity index (χ3v) is 4.53. The molecule has 4 heterocycles. The zero-order chi connectivity index (χ0) is 21.2. The van der Waals surface area contributed by atoms with E-state index in [1.165, 1.54) is 31.3 Å². The second kappa shape index (κ2) is 8.27. The summed E-state index contributed by atoms with van der Waals surface area (Å²) in [4.78, 5) is 5.98. The Kier molecular flexibility index (Phi) is 5.96. The number of rotatable bonds is 4. The number of anilines is 2. The van der Waals surface area contributed by atoms with Crippen molar-refractivity contribution in [3.8, 4) is 11.4 Å². The van der Waals surface area contributed by atoms with E-state index in [1.807, 2.05) is 0 Å². The highest BCUT2D eigenvalue weighted by Crippen LogP contribution is 2.33. The number of fused-ring (bicyclic) bond motifs is 1. The standard InChI is InChI=1S/C14H14F3N7O.C4H10/c15-14(16,17)6-24-11-1-10(12-9(18)3-20-21-12)19-2-8(11)13(22-24)23-4-7(25)5-23;1-3-4-2/h1-3,7,25H,4-6,18H2,(H,20,21);3-4H2,1-2H3. The Morgan fingerprint density at radius 1 is 1.24 bits per heavy atom. The number of aliphatic hydroxyl groups excluding tert-OH is 1. The van der Waals surface area contributed by atoms with Crippen LogP contribution in [0.2, 0.25) is 0 Å². The summed E-state index contributed by atoms with van der Waals surface area (Å²) in [5, 5.41) is 20.5. The van der Waals surface area contributed by atoms with E-state index in [0.29, 0.717) is 41.4 Å². The number of nitrogens with zero attached hydrogens (tertiary/aromatic N) is 5.